The predicted octanol–water partition coefficient (Wildman–Crippen LogP) is 3.98. The van der Waals surface area contributed by atoms with Crippen molar-refractivity contribution in [1.29, 1.82) is 0 Å². The molecule has 9 heteroatoms. The van der Waals surface area contributed by atoms with Gasteiger partial charge in [0, 0.05) is 24.2 Å². The number of para-hydroxylation sites is 1. The number of halogens is 1. The van der Waals surface area contributed by atoms with Crippen molar-refractivity contribution in [3.05, 3.63) is 50.9 Å². The van der Waals surface area contributed by atoms with Crippen LogP contribution in [-0.2, 0) is 16.1 Å². The first-order valence-electron chi connectivity index (χ1n) is 9.09. The second-order valence-corrected chi connectivity index (χ2v) is 8.70. The van der Waals surface area contributed by atoms with Crippen molar-refractivity contribution >= 4 is 44.9 Å². The van der Waals surface area contributed by atoms with Crippen LogP contribution in [0.3, 0.4) is 0 Å². The molecule has 0 saturated heterocycles. The molecule has 0 radical (unpaired) electrons. The third kappa shape index (κ3) is 4.85. The molecule has 29 heavy (non-hydrogen) atoms. The maximum absolute atomic E-state index is 13.7. The molecule has 1 aromatic carbocycles. The molecular formula is C20H22FN3O3S2. The Morgan fingerprint density at radius 1 is 1.34 bits per heavy atom. The summed E-state index contributed by atoms with van der Waals surface area (Å²) in [7, 11) is 1.58. The van der Waals surface area contributed by atoms with Crippen molar-refractivity contribution in [2.75, 3.05) is 24.8 Å². The lowest BCUT2D eigenvalue weighted by molar-refractivity contribution is -0.115. The van der Waals surface area contributed by atoms with Crippen LogP contribution in [0.5, 0.6) is 0 Å². The lowest BCUT2D eigenvalue weighted by Crippen LogP contribution is -2.25. The van der Waals surface area contributed by atoms with Crippen LogP contribution < -0.4 is 10.9 Å². The minimum atomic E-state index is -0.475. The standard InChI is InChI=1S/C20H22FN3O3S2/c1-12-13(2)29-18-17(12)19(26)24(9-10-27-3)20(23-18)28-11-8-16(25)22-15-7-5-4-6-14(15)21/h4-7H,8-11H2,1-3H3,(H,22,25). The van der Waals surface area contributed by atoms with Gasteiger partial charge in [0.05, 0.1) is 24.2 Å². The molecular weight excluding hydrogens is 413 g/mol. The molecule has 2 aromatic heterocycles. The summed E-state index contributed by atoms with van der Waals surface area (Å²) in [6.07, 6.45) is 0.166. The Kier molecular flexibility index (Phi) is 7.05. The third-order valence-electron chi connectivity index (χ3n) is 4.48. The summed E-state index contributed by atoms with van der Waals surface area (Å²) in [4.78, 5) is 31.6. The number of ether oxygens (including phenoxy) is 1. The van der Waals surface area contributed by atoms with Gasteiger partial charge in [0.1, 0.15) is 10.6 Å². The number of benzene rings is 1. The van der Waals surface area contributed by atoms with Gasteiger partial charge in [-0.25, -0.2) is 9.37 Å². The van der Waals surface area contributed by atoms with Gasteiger partial charge in [0.2, 0.25) is 5.91 Å². The number of aromatic nitrogens is 2. The number of carbonyl (C=O) groups excluding carboxylic acids is 1. The number of methoxy groups -OCH3 is 1. The molecule has 154 valence electrons. The number of amides is 1. The van der Waals surface area contributed by atoms with Gasteiger partial charge in [-0.05, 0) is 31.5 Å². The molecule has 6 nitrogen and oxygen atoms in total. The smallest absolute Gasteiger partial charge is 0.263 e. The van der Waals surface area contributed by atoms with Crippen LogP contribution in [0.25, 0.3) is 10.2 Å². The highest BCUT2D eigenvalue weighted by Gasteiger charge is 2.17. The van der Waals surface area contributed by atoms with Crippen LogP contribution in [0, 0.1) is 19.7 Å². The maximum Gasteiger partial charge on any atom is 0.263 e. The molecule has 2 heterocycles. The number of nitrogens with zero attached hydrogens (tertiary/aromatic N) is 2. The molecule has 3 aromatic rings. The number of aryl methyl sites for hydroxylation is 2. The van der Waals surface area contributed by atoms with E-state index in [2.05, 4.69) is 10.3 Å². The number of hydrogen-bond acceptors (Lipinski definition) is 6. The number of anilines is 1. The average Bonchev–Trinajstić information content (AvgIpc) is 2.97. The van der Waals surface area contributed by atoms with E-state index in [1.54, 1.807) is 23.8 Å². The number of carbonyl (C=O) groups is 1. The summed E-state index contributed by atoms with van der Waals surface area (Å²) in [5, 5.41) is 3.76. The number of fused-ring (bicyclic) bond motifs is 1. The number of rotatable bonds is 8. The Hall–Kier alpha value is -2.23. The summed E-state index contributed by atoms with van der Waals surface area (Å²) in [5.41, 5.74) is 1.02. The van der Waals surface area contributed by atoms with Crippen LogP contribution in [0.1, 0.15) is 16.9 Å². The monoisotopic (exact) mass is 435 g/mol. The Bertz CT molecular complexity index is 1090. The van der Waals surface area contributed by atoms with Crippen LogP contribution in [-0.4, -0.2) is 34.9 Å². The van der Waals surface area contributed by atoms with E-state index in [4.69, 9.17) is 4.74 Å². The van der Waals surface area contributed by atoms with E-state index in [0.29, 0.717) is 34.3 Å². The van der Waals surface area contributed by atoms with Crippen molar-refractivity contribution in [2.45, 2.75) is 32.0 Å². The highest BCUT2D eigenvalue weighted by atomic mass is 32.2. The fourth-order valence-electron chi connectivity index (χ4n) is 2.81. The molecule has 0 saturated carbocycles. The van der Waals surface area contributed by atoms with Crippen molar-refractivity contribution in [3.63, 3.8) is 0 Å². The largest absolute Gasteiger partial charge is 0.383 e. The number of thiophene rings is 1. The summed E-state index contributed by atoms with van der Waals surface area (Å²) < 4.78 is 20.4. The number of hydrogen-bond donors (Lipinski definition) is 1. The SMILES string of the molecule is COCCn1c(SCCC(=O)Nc2ccccc2F)nc2sc(C)c(C)c2c1=O. The van der Waals surface area contributed by atoms with Gasteiger partial charge in [-0.3, -0.25) is 14.2 Å². The van der Waals surface area contributed by atoms with E-state index < -0.39 is 5.82 Å². The molecule has 0 aliphatic heterocycles. The van der Waals surface area contributed by atoms with Crippen molar-refractivity contribution in [2.24, 2.45) is 0 Å². The highest BCUT2D eigenvalue weighted by molar-refractivity contribution is 7.99. The number of nitrogens with one attached hydrogen (secondary N) is 1. The fourth-order valence-corrected chi connectivity index (χ4v) is 4.84. The quantitative estimate of drug-likeness (QED) is 0.428. The van der Waals surface area contributed by atoms with Crippen molar-refractivity contribution < 1.29 is 13.9 Å². The van der Waals surface area contributed by atoms with Gasteiger partial charge in [0.25, 0.3) is 5.56 Å². The molecule has 0 spiro atoms. The number of thioether (sulfide) groups is 1. The highest BCUT2D eigenvalue weighted by Crippen LogP contribution is 2.28. The molecule has 0 aliphatic carbocycles. The van der Waals surface area contributed by atoms with Gasteiger partial charge >= 0.3 is 0 Å². The van der Waals surface area contributed by atoms with E-state index in [9.17, 15) is 14.0 Å². The first kappa shape index (κ1) is 21.5. The van der Waals surface area contributed by atoms with E-state index in [1.165, 1.54) is 35.2 Å². The molecule has 3 rings (SSSR count). The van der Waals surface area contributed by atoms with Crippen LogP contribution in [0.4, 0.5) is 10.1 Å². The molecule has 0 unspecified atom stereocenters. The first-order chi connectivity index (χ1) is 13.9. The zero-order chi connectivity index (χ0) is 21.0. The zero-order valence-electron chi connectivity index (χ0n) is 16.5. The second-order valence-electron chi connectivity index (χ2n) is 6.43. The van der Waals surface area contributed by atoms with Gasteiger partial charge in [-0.15, -0.1) is 11.3 Å². The van der Waals surface area contributed by atoms with Gasteiger partial charge < -0.3 is 10.1 Å². The molecule has 0 bridgehead atoms. The Balaban J connectivity index is 1.75. The zero-order valence-corrected chi connectivity index (χ0v) is 18.1. The van der Waals surface area contributed by atoms with E-state index >= 15 is 0 Å². The van der Waals surface area contributed by atoms with E-state index in [1.807, 2.05) is 13.8 Å². The maximum atomic E-state index is 13.7. The minimum absolute atomic E-state index is 0.0905. The lowest BCUT2D eigenvalue weighted by atomic mass is 10.2. The Labute approximate surface area is 176 Å². The molecule has 0 aliphatic rings. The fraction of sp³-hybridized carbons (Fsp3) is 0.350. The minimum Gasteiger partial charge on any atom is -0.383 e. The Morgan fingerprint density at radius 3 is 2.83 bits per heavy atom. The molecule has 1 N–H and O–H groups in total. The van der Waals surface area contributed by atoms with Gasteiger partial charge in [0.15, 0.2) is 5.16 Å². The van der Waals surface area contributed by atoms with Crippen LogP contribution >= 0.6 is 23.1 Å². The Morgan fingerprint density at radius 2 is 2.10 bits per heavy atom. The summed E-state index contributed by atoms with van der Waals surface area (Å²) in [6.45, 7) is 4.67. The second kappa shape index (κ2) is 9.51. The topological polar surface area (TPSA) is 73.2 Å². The van der Waals surface area contributed by atoms with Crippen molar-refractivity contribution in [1.82, 2.24) is 9.55 Å². The first-order valence-corrected chi connectivity index (χ1v) is 10.9. The summed E-state index contributed by atoms with van der Waals surface area (Å²) in [6, 6.07) is 6.03. The normalized spacial score (nSPS) is 11.2. The van der Waals surface area contributed by atoms with E-state index in [-0.39, 0.29) is 23.6 Å². The van der Waals surface area contributed by atoms with Crippen LogP contribution in [0.2, 0.25) is 0 Å². The summed E-state index contributed by atoms with van der Waals surface area (Å²) in [5.74, 6) is -0.357. The lowest BCUT2D eigenvalue weighted by Gasteiger charge is -2.12. The van der Waals surface area contributed by atoms with Crippen molar-refractivity contribution in [3.8, 4) is 0 Å². The van der Waals surface area contributed by atoms with Gasteiger partial charge in [-0.2, -0.15) is 0 Å². The molecule has 0 atom stereocenters. The molecule has 0 fully saturated rings. The third-order valence-corrected chi connectivity index (χ3v) is 6.56. The van der Waals surface area contributed by atoms with Gasteiger partial charge in [-0.1, -0.05) is 23.9 Å². The predicted molar refractivity (Wildman–Crippen MR) is 116 cm³/mol. The van der Waals surface area contributed by atoms with Crippen LogP contribution in [0.15, 0.2) is 34.2 Å². The molecule has 1 amide bonds. The average molecular weight is 436 g/mol. The summed E-state index contributed by atoms with van der Waals surface area (Å²) >= 11 is 2.83. The van der Waals surface area contributed by atoms with E-state index in [0.717, 1.165) is 10.4 Å².